The Morgan fingerprint density at radius 1 is 0.958 bits per heavy atom. The molecular weight excluding hydrogens is 657 g/mol. The van der Waals surface area contributed by atoms with Crippen molar-refractivity contribution in [2.24, 2.45) is 5.92 Å². The van der Waals surface area contributed by atoms with Gasteiger partial charge < -0.3 is 19.7 Å². The topological polar surface area (TPSA) is 143 Å². The highest BCUT2D eigenvalue weighted by molar-refractivity contribution is 7.89. The number of carbonyl (C=O) groups is 2. The minimum Gasteiger partial charge on any atom is -0.486 e. The summed E-state index contributed by atoms with van der Waals surface area (Å²) >= 11 is 0. The first-order valence-corrected chi connectivity index (χ1v) is 19.7. The quantitative estimate of drug-likeness (QED) is 0.310. The third kappa shape index (κ3) is 7.02. The molecule has 3 aromatic carbocycles. The third-order valence-electron chi connectivity index (χ3n) is 9.64. The van der Waals surface area contributed by atoms with Gasteiger partial charge in [0, 0.05) is 67.0 Å². The maximum Gasteiger partial charge on any atom is 0.243 e. The van der Waals surface area contributed by atoms with E-state index in [1.54, 1.807) is 24.3 Å². The minimum atomic E-state index is -4.03. The molecule has 3 aromatic rings. The predicted octanol–water partition coefficient (Wildman–Crippen LogP) is 4.10. The summed E-state index contributed by atoms with van der Waals surface area (Å²) in [5.41, 5.74) is 1.80. The predicted molar refractivity (Wildman–Crippen MR) is 184 cm³/mol. The molecule has 258 valence electrons. The molecule has 0 bridgehead atoms. The van der Waals surface area contributed by atoms with Crippen LogP contribution in [0.3, 0.4) is 0 Å². The SMILES string of the molecule is CN(CCC1CCN(S(C)(=O)=O)CC1)c1ccc(NC(=O)C2CCCCN2S(=O)(=O)c2ccc3c(c2)OCCO3)c2cccc(C=O)c12. The standard InChI is InChI=1S/C34H42N4O8S2/c1-36(17-13-24-14-18-37(19-15-24)47(2,41)42)29-11-10-28(27-7-5-6-25(23-39)33(27)29)35-34(40)30-8-3-4-16-38(30)48(43,44)26-9-12-31-32(22-26)46-21-20-45-31/h5-7,9-12,22-24,30H,3-4,8,13-21H2,1-2H3,(H,35,40). The number of hydrogen-bond acceptors (Lipinski definition) is 9. The lowest BCUT2D eigenvalue weighted by molar-refractivity contribution is -0.120. The highest BCUT2D eigenvalue weighted by atomic mass is 32.2. The number of hydrogen-bond donors (Lipinski definition) is 1. The second-order valence-electron chi connectivity index (χ2n) is 12.8. The molecule has 12 nitrogen and oxygen atoms in total. The maximum atomic E-state index is 13.9. The van der Waals surface area contributed by atoms with Gasteiger partial charge in [0.1, 0.15) is 19.3 Å². The van der Waals surface area contributed by atoms with Crippen molar-refractivity contribution in [3.8, 4) is 11.5 Å². The van der Waals surface area contributed by atoms with Crippen LogP contribution in [-0.4, -0.2) is 96.4 Å². The van der Waals surface area contributed by atoms with E-state index in [2.05, 4.69) is 10.2 Å². The van der Waals surface area contributed by atoms with Gasteiger partial charge in [-0.1, -0.05) is 24.6 Å². The zero-order chi connectivity index (χ0) is 34.1. The minimum absolute atomic E-state index is 0.0425. The van der Waals surface area contributed by atoms with Crippen molar-refractivity contribution in [1.82, 2.24) is 8.61 Å². The lowest BCUT2D eigenvalue weighted by Crippen LogP contribution is -2.49. The van der Waals surface area contributed by atoms with Gasteiger partial charge in [0.25, 0.3) is 0 Å². The molecule has 1 N–H and O–H groups in total. The van der Waals surface area contributed by atoms with Crippen LogP contribution in [0.5, 0.6) is 11.5 Å². The molecule has 2 fully saturated rings. The highest BCUT2D eigenvalue weighted by Crippen LogP contribution is 2.37. The zero-order valence-electron chi connectivity index (χ0n) is 27.3. The number of nitrogens with zero attached hydrogens (tertiary/aromatic N) is 3. The smallest absolute Gasteiger partial charge is 0.243 e. The molecule has 1 amide bonds. The first kappa shape index (κ1) is 34.2. The van der Waals surface area contributed by atoms with Crippen LogP contribution < -0.4 is 19.7 Å². The number of fused-ring (bicyclic) bond motifs is 2. The molecule has 0 aliphatic carbocycles. The maximum absolute atomic E-state index is 13.9. The van der Waals surface area contributed by atoms with Gasteiger partial charge in [-0.05, 0) is 62.3 Å². The van der Waals surface area contributed by atoms with Crippen molar-refractivity contribution in [3.63, 3.8) is 0 Å². The van der Waals surface area contributed by atoms with Crippen molar-refractivity contribution in [2.75, 3.05) is 62.9 Å². The van der Waals surface area contributed by atoms with Gasteiger partial charge in [-0.25, -0.2) is 21.1 Å². The normalized spacial score (nSPS) is 19.6. The van der Waals surface area contributed by atoms with Crippen LogP contribution in [0.2, 0.25) is 0 Å². The third-order valence-corrected chi connectivity index (χ3v) is 12.8. The summed E-state index contributed by atoms with van der Waals surface area (Å²) in [4.78, 5) is 28.2. The first-order chi connectivity index (χ1) is 23.0. The average Bonchev–Trinajstić information content (AvgIpc) is 3.10. The monoisotopic (exact) mass is 698 g/mol. The summed E-state index contributed by atoms with van der Waals surface area (Å²) in [6, 6.07) is 12.6. The Bertz CT molecular complexity index is 1910. The van der Waals surface area contributed by atoms with Gasteiger partial charge in [-0.15, -0.1) is 0 Å². The molecule has 2 saturated heterocycles. The molecule has 14 heteroatoms. The van der Waals surface area contributed by atoms with E-state index in [0.29, 0.717) is 91.6 Å². The molecule has 0 saturated carbocycles. The van der Waals surface area contributed by atoms with Crippen molar-refractivity contribution in [3.05, 3.63) is 54.1 Å². The van der Waals surface area contributed by atoms with Crippen LogP contribution >= 0.6 is 0 Å². The number of aldehydes is 1. The van der Waals surface area contributed by atoms with Gasteiger partial charge >= 0.3 is 0 Å². The summed E-state index contributed by atoms with van der Waals surface area (Å²) in [6.07, 6.45) is 6.23. The van der Waals surface area contributed by atoms with Crippen LogP contribution in [0.15, 0.2) is 53.4 Å². The van der Waals surface area contributed by atoms with Gasteiger partial charge in [0.2, 0.25) is 26.0 Å². The number of sulfonamides is 2. The van der Waals surface area contributed by atoms with E-state index in [-0.39, 0.29) is 11.4 Å². The highest BCUT2D eigenvalue weighted by Gasteiger charge is 2.38. The van der Waals surface area contributed by atoms with E-state index < -0.39 is 32.0 Å². The molecule has 1 unspecified atom stereocenters. The van der Waals surface area contributed by atoms with E-state index in [4.69, 9.17) is 9.47 Å². The lowest BCUT2D eigenvalue weighted by Gasteiger charge is -2.34. The number of nitrogens with one attached hydrogen (secondary N) is 1. The Hall–Kier alpha value is -3.72. The van der Waals surface area contributed by atoms with Crippen LogP contribution in [-0.2, 0) is 24.8 Å². The Morgan fingerprint density at radius 2 is 1.71 bits per heavy atom. The van der Waals surface area contributed by atoms with Crippen LogP contribution in [0, 0.1) is 5.92 Å². The fourth-order valence-electron chi connectivity index (χ4n) is 6.96. The van der Waals surface area contributed by atoms with Crippen LogP contribution in [0.4, 0.5) is 11.4 Å². The van der Waals surface area contributed by atoms with E-state index in [0.717, 1.165) is 31.2 Å². The molecular formula is C34H42N4O8S2. The Balaban J connectivity index is 1.21. The second kappa shape index (κ2) is 14.0. The Labute approximate surface area is 282 Å². The number of anilines is 2. The van der Waals surface area contributed by atoms with Crippen molar-refractivity contribution in [2.45, 2.75) is 49.5 Å². The van der Waals surface area contributed by atoms with Crippen LogP contribution in [0.1, 0.15) is 48.9 Å². The molecule has 48 heavy (non-hydrogen) atoms. The second-order valence-corrected chi connectivity index (χ2v) is 16.6. The number of ether oxygens (including phenoxy) is 2. The number of amides is 1. The summed E-state index contributed by atoms with van der Waals surface area (Å²) in [7, 11) is -5.25. The van der Waals surface area contributed by atoms with Crippen molar-refractivity contribution in [1.29, 1.82) is 0 Å². The Morgan fingerprint density at radius 3 is 2.44 bits per heavy atom. The largest absolute Gasteiger partial charge is 0.486 e. The van der Waals surface area contributed by atoms with Gasteiger partial charge in [-0.3, -0.25) is 9.59 Å². The molecule has 3 heterocycles. The number of rotatable bonds is 10. The molecule has 0 aromatic heterocycles. The molecule has 3 aliphatic rings. The summed E-state index contributed by atoms with van der Waals surface area (Å²) in [6.45, 7) is 2.68. The van der Waals surface area contributed by atoms with E-state index >= 15 is 0 Å². The molecule has 1 atom stereocenters. The van der Waals surface area contributed by atoms with Crippen molar-refractivity contribution < 1.29 is 35.9 Å². The van der Waals surface area contributed by atoms with E-state index in [1.165, 1.54) is 27.0 Å². The van der Waals surface area contributed by atoms with E-state index in [1.807, 2.05) is 19.2 Å². The molecule has 0 spiro atoms. The zero-order valence-corrected chi connectivity index (χ0v) is 28.9. The van der Waals surface area contributed by atoms with Gasteiger partial charge in [0.05, 0.1) is 11.2 Å². The number of piperidine rings is 2. The Kier molecular flexibility index (Phi) is 9.98. The summed E-state index contributed by atoms with van der Waals surface area (Å²) in [5.74, 6) is 0.798. The molecule has 6 rings (SSSR count). The average molecular weight is 699 g/mol. The summed E-state index contributed by atoms with van der Waals surface area (Å²) < 4.78 is 65.5. The van der Waals surface area contributed by atoms with Crippen molar-refractivity contribution >= 4 is 54.4 Å². The number of benzene rings is 3. The fraction of sp³-hybridized carbons (Fsp3) is 0.471. The summed E-state index contributed by atoms with van der Waals surface area (Å²) in [5, 5.41) is 4.37. The first-order valence-electron chi connectivity index (χ1n) is 16.4. The molecule has 0 radical (unpaired) electrons. The lowest BCUT2D eigenvalue weighted by atomic mass is 9.94. The van der Waals surface area contributed by atoms with E-state index in [9.17, 15) is 26.4 Å². The number of carbonyl (C=O) groups excluding carboxylic acids is 2. The molecule has 3 aliphatic heterocycles. The van der Waals surface area contributed by atoms with Crippen LogP contribution in [0.25, 0.3) is 10.8 Å². The fourth-order valence-corrected chi connectivity index (χ4v) is 9.50. The van der Waals surface area contributed by atoms with Gasteiger partial charge in [-0.2, -0.15) is 4.31 Å². The van der Waals surface area contributed by atoms with Gasteiger partial charge in [0.15, 0.2) is 17.8 Å².